The molecule has 0 amide bonds. The Hall–Kier alpha value is -6.70. The van der Waals surface area contributed by atoms with Crippen molar-refractivity contribution in [2.45, 2.75) is 293 Å². The molecule has 510 valence electrons. The molecule has 0 radical (unpaired) electrons. The summed E-state index contributed by atoms with van der Waals surface area (Å²) in [6, 6.07) is 62.1. The maximum absolute atomic E-state index is 2.58. The van der Waals surface area contributed by atoms with E-state index in [0.29, 0.717) is 0 Å². The molecule has 1 nitrogen and oxygen atoms in total. The van der Waals surface area contributed by atoms with Crippen LogP contribution in [0.1, 0.15) is 295 Å². The number of unbranched alkanes of at least 4 members (excludes halogenated alkanes) is 20. The van der Waals surface area contributed by atoms with Gasteiger partial charge >= 0.3 is 0 Å². The highest BCUT2D eigenvalue weighted by atomic mass is 15.1. The van der Waals surface area contributed by atoms with Crippen LogP contribution < -0.4 is 4.90 Å². The minimum absolute atomic E-state index is 0.148. The second-order valence-corrected chi connectivity index (χ2v) is 30.9. The summed E-state index contributed by atoms with van der Waals surface area (Å²) in [5.41, 5.74) is 27.8. The third-order valence-corrected chi connectivity index (χ3v) is 22.1. The molecule has 11 rings (SSSR count). The number of rotatable bonds is 31. The molecule has 96 heavy (non-hydrogen) atoms. The van der Waals surface area contributed by atoms with E-state index in [0.717, 1.165) is 0 Å². The summed E-state index contributed by atoms with van der Waals surface area (Å²) in [6.45, 7) is 31.9. The highest BCUT2D eigenvalue weighted by Crippen LogP contribution is 2.59. The predicted molar refractivity (Wildman–Crippen MR) is 425 cm³/mol. The number of hydrogen-bond donors (Lipinski definition) is 0. The van der Waals surface area contributed by atoms with Gasteiger partial charge in [0.2, 0.25) is 0 Å². The van der Waals surface area contributed by atoms with E-state index in [4.69, 9.17) is 0 Å². The molecular formula is C95H125N. The molecule has 0 fully saturated rings. The zero-order valence-corrected chi connectivity index (χ0v) is 62.8. The van der Waals surface area contributed by atoms with Gasteiger partial charge in [-0.15, -0.1) is 0 Å². The van der Waals surface area contributed by atoms with Gasteiger partial charge < -0.3 is 4.90 Å². The van der Waals surface area contributed by atoms with Crippen LogP contribution in [-0.2, 0) is 16.2 Å². The van der Waals surface area contributed by atoms with Crippen LogP contribution in [0.4, 0.5) is 17.1 Å². The van der Waals surface area contributed by atoms with Crippen molar-refractivity contribution >= 4 is 38.6 Å². The Kier molecular flexibility index (Phi) is 27.0. The highest BCUT2D eigenvalue weighted by molar-refractivity contribution is 6.05. The molecule has 2 aliphatic carbocycles. The molecule has 1 heteroatoms. The van der Waals surface area contributed by atoms with Crippen molar-refractivity contribution < 1.29 is 0 Å². The van der Waals surface area contributed by atoms with Gasteiger partial charge in [0.15, 0.2) is 0 Å². The molecule has 9 aromatic carbocycles. The molecule has 0 bridgehead atoms. The van der Waals surface area contributed by atoms with Gasteiger partial charge in [-0.2, -0.15) is 0 Å². The fourth-order valence-corrected chi connectivity index (χ4v) is 16.9. The van der Waals surface area contributed by atoms with Gasteiger partial charge in [0.05, 0.1) is 5.69 Å². The minimum atomic E-state index is 0.148. The van der Waals surface area contributed by atoms with Gasteiger partial charge in [0.1, 0.15) is 0 Å². The Morgan fingerprint density at radius 2 is 0.635 bits per heavy atom. The highest BCUT2D eigenvalue weighted by Gasteiger charge is 2.45. The van der Waals surface area contributed by atoms with Gasteiger partial charge in [-0.1, -0.05) is 353 Å². The maximum Gasteiger partial charge on any atom is 0.0520 e. The molecular weight excluding hydrogens is 1160 g/mol. The molecule has 0 saturated carbocycles. The second kappa shape index (κ2) is 35.2. The first-order valence-corrected chi connectivity index (χ1v) is 38.8. The number of benzene rings is 9. The number of anilines is 3. The lowest BCUT2D eigenvalue weighted by molar-refractivity contribution is 0.397. The van der Waals surface area contributed by atoms with Gasteiger partial charge in [0.25, 0.3) is 0 Å². The van der Waals surface area contributed by atoms with Crippen molar-refractivity contribution in [1.29, 1.82) is 0 Å². The molecule has 9 aromatic rings. The van der Waals surface area contributed by atoms with Crippen molar-refractivity contribution in [2.75, 3.05) is 4.90 Å². The molecule has 0 aromatic heterocycles. The van der Waals surface area contributed by atoms with Crippen molar-refractivity contribution in [3.8, 4) is 22.3 Å². The average molecular weight is 1280 g/mol. The molecule has 0 unspecified atom stereocenters. The maximum atomic E-state index is 2.58. The fourth-order valence-electron chi connectivity index (χ4n) is 16.9. The van der Waals surface area contributed by atoms with Crippen LogP contribution in [-0.4, -0.2) is 0 Å². The SMILES string of the molecule is CCCCCCCCC1(CCCCCCCC)c2cc(C)ccc2-c2c1cc(C)c1ccccc21.CCCCCCCCC1(CCCCCCCC)c2cc(C)ccc2-c2c1cc(C)c1ccccc21.Cc1cccc(N(c2ccccc2)c2c(C)cc(C(C)(C)C)cc2C)c1. The molecule has 2 aliphatic rings. The molecule has 0 atom stereocenters. The molecule has 0 saturated heterocycles. The van der Waals surface area contributed by atoms with Crippen LogP contribution in [0.15, 0.2) is 164 Å². The van der Waals surface area contributed by atoms with Crippen molar-refractivity contribution in [2.24, 2.45) is 0 Å². The molecule has 0 spiro atoms. The topological polar surface area (TPSA) is 3.24 Å². The first-order valence-electron chi connectivity index (χ1n) is 38.8. The van der Waals surface area contributed by atoms with E-state index in [1.165, 1.54) is 285 Å². The lowest BCUT2D eigenvalue weighted by atomic mass is 9.70. The quantitative estimate of drug-likeness (QED) is 0.0392. The van der Waals surface area contributed by atoms with Gasteiger partial charge in [-0.05, 0) is 203 Å². The van der Waals surface area contributed by atoms with Gasteiger partial charge in [-0.25, -0.2) is 0 Å². The zero-order valence-electron chi connectivity index (χ0n) is 62.8. The predicted octanol–water partition coefficient (Wildman–Crippen LogP) is 29.8. The van der Waals surface area contributed by atoms with Crippen LogP contribution in [0.3, 0.4) is 0 Å². The number of aryl methyl sites for hydroxylation is 7. The Labute approximate surface area is 585 Å². The third-order valence-electron chi connectivity index (χ3n) is 22.1. The van der Waals surface area contributed by atoms with E-state index < -0.39 is 0 Å². The summed E-state index contributed by atoms with van der Waals surface area (Å²) in [6.07, 6.45) is 38.1. The fraction of sp³-hybridized carbons (Fsp3) is 0.474. The van der Waals surface area contributed by atoms with Crippen molar-refractivity contribution in [3.05, 3.63) is 231 Å². The van der Waals surface area contributed by atoms with Crippen LogP contribution in [0.25, 0.3) is 43.8 Å². The summed E-state index contributed by atoms with van der Waals surface area (Å²) < 4.78 is 0. The normalized spacial score (nSPS) is 13.2. The molecule has 0 N–H and O–H groups in total. The number of nitrogens with zero attached hydrogens (tertiary/aromatic N) is 1. The largest absolute Gasteiger partial charge is 0.310 e. The summed E-state index contributed by atoms with van der Waals surface area (Å²) >= 11 is 0. The van der Waals surface area contributed by atoms with Crippen LogP contribution in [0, 0.1) is 48.5 Å². The van der Waals surface area contributed by atoms with Crippen LogP contribution >= 0.6 is 0 Å². The lowest BCUT2D eigenvalue weighted by Crippen LogP contribution is -2.26. The van der Waals surface area contributed by atoms with Crippen LogP contribution in [0.5, 0.6) is 0 Å². The van der Waals surface area contributed by atoms with E-state index in [-0.39, 0.29) is 16.2 Å². The first-order chi connectivity index (χ1) is 46.5. The summed E-state index contributed by atoms with van der Waals surface area (Å²) in [5.74, 6) is 0. The first kappa shape index (κ1) is 73.5. The lowest BCUT2D eigenvalue weighted by Gasteiger charge is -2.33. The Balaban J connectivity index is 0.000000171. The number of hydrogen-bond acceptors (Lipinski definition) is 1. The molecule has 0 heterocycles. The zero-order chi connectivity index (χ0) is 68.2. The van der Waals surface area contributed by atoms with Crippen molar-refractivity contribution in [1.82, 2.24) is 0 Å². The summed E-state index contributed by atoms with van der Waals surface area (Å²) in [5, 5.41) is 5.76. The molecule has 0 aliphatic heterocycles. The van der Waals surface area contributed by atoms with Crippen molar-refractivity contribution in [3.63, 3.8) is 0 Å². The standard InChI is InChI=1S/2C35H48.C25H29N/c2*1-5-7-9-11-13-17-23-35(24-18-14-12-10-8-6-2)32-25-27(3)21-22-31(32)34-30-20-16-15-19-29(30)28(4)26-33(34)35;1-18-11-10-14-23(15-18)26(22-12-8-7-9-13-22)24-19(2)16-21(17-20(24)3)25(4,5)6/h2*15-16,19-22,25-26H,5-14,17-18,23-24H2,1-4H3;7-17H,1-6H3. The van der Waals surface area contributed by atoms with Gasteiger partial charge in [-0.3, -0.25) is 0 Å². The van der Waals surface area contributed by atoms with E-state index in [2.05, 4.69) is 266 Å². The van der Waals surface area contributed by atoms with E-state index >= 15 is 0 Å². The Morgan fingerprint density at radius 1 is 0.292 bits per heavy atom. The smallest absolute Gasteiger partial charge is 0.0520 e. The number of fused-ring (bicyclic) bond motifs is 10. The second-order valence-electron chi connectivity index (χ2n) is 30.9. The minimum Gasteiger partial charge on any atom is -0.310 e. The Bertz CT molecular complexity index is 3680. The van der Waals surface area contributed by atoms with E-state index in [9.17, 15) is 0 Å². The third kappa shape index (κ3) is 17.4. The van der Waals surface area contributed by atoms with Crippen LogP contribution in [0.2, 0.25) is 0 Å². The summed E-state index contributed by atoms with van der Waals surface area (Å²) in [4.78, 5) is 2.38. The number of para-hydroxylation sites is 1. The summed E-state index contributed by atoms with van der Waals surface area (Å²) in [7, 11) is 0. The monoisotopic (exact) mass is 1280 g/mol. The van der Waals surface area contributed by atoms with E-state index in [1.807, 2.05) is 0 Å². The van der Waals surface area contributed by atoms with Gasteiger partial charge in [0, 0.05) is 22.2 Å². The Morgan fingerprint density at radius 3 is 1.01 bits per heavy atom. The van der Waals surface area contributed by atoms with E-state index in [1.54, 1.807) is 22.3 Å². The average Bonchev–Trinajstić information content (AvgIpc) is 1.55.